The van der Waals surface area contributed by atoms with E-state index in [0.29, 0.717) is 0 Å². The number of halogens is 1. The molecule has 2 aromatic carbocycles. The Morgan fingerprint density at radius 1 is 1.20 bits per heavy atom. The van der Waals surface area contributed by atoms with Crippen molar-refractivity contribution >= 4 is 27.3 Å². The van der Waals surface area contributed by atoms with Gasteiger partial charge in [-0.3, -0.25) is 0 Å². The highest BCUT2D eigenvalue weighted by Gasteiger charge is 2.11. The van der Waals surface area contributed by atoms with E-state index in [9.17, 15) is 5.11 Å². The molecule has 0 bridgehead atoms. The molecule has 0 aliphatic heterocycles. The van der Waals surface area contributed by atoms with Gasteiger partial charge in [0.1, 0.15) is 5.75 Å². The fourth-order valence-corrected chi connectivity index (χ4v) is 2.60. The Morgan fingerprint density at radius 2 is 1.95 bits per heavy atom. The lowest BCUT2D eigenvalue weighted by Crippen LogP contribution is -2.23. The van der Waals surface area contributed by atoms with Crippen LogP contribution in [0.2, 0.25) is 0 Å². The van der Waals surface area contributed by atoms with Crippen LogP contribution in [0.1, 0.15) is 18.1 Å². The van der Waals surface area contributed by atoms with Gasteiger partial charge in [-0.2, -0.15) is 0 Å². The molecular weight excluding hydrogens is 316 g/mol. The van der Waals surface area contributed by atoms with Gasteiger partial charge in [-0.15, -0.1) is 0 Å². The Bertz CT molecular complexity index is 613. The number of aromatic hydroxyl groups is 1. The lowest BCUT2D eigenvalue weighted by molar-refractivity contribution is 0.475. The molecule has 0 aliphatic carbocycles. The molecule has 0 fully saturated rings. The average Bonchev–Trinajstić information content (AvgIpc) is 2.41. The van der Waals surface area contributed by atoms with Crippen LogP contribution < -0.4 is 10.6 Å². The third-order valence-electron chi connectivity index (χ3n) is 3.38. The third-order valence-corrected chi connectivity index (χ3v) is 3.88. The molecule has 0 spiro atoms. The van der Waals surface area contributed by atoms with Gasteiger partial charge in [0.25, 0.3) is 0 Å². The van der Waals surface area contributed by atoms with Crippen molar-refractivity contribution in [1.29, 1.82) is 0 Å². The highest BCUT2D eigenvalue weighted by molar-refractivity contribution is 9.10. The lowest BCUT2D eigenvalue weighted by atomic mass is 10.1. The molecule has 106 valence electrons. The zero-order valence-electron chi connectivity index (χ0n) is 11.7. The number of phenolic OH excluding ortho intramolecular Hbond substituents is 1. The van der Waals surface area contributed by atoms with Crippen LogP contribution in [0.15, 0.2) is 40.9 Å². The minimum Gasteiger partial charge on any atom is -0.508 e. The summed E-state index contributed by atoms with van der Waals surface area (Å²) in [5.41, 5.74) is 10.1. The van der Waals surface area contributed by atoms with E-state index in [-0.39, 0.29) is 5.75 Å². The standard InChI is InChI=1S/C16H19BrN2O/c1-3-19(16-9-14(20)7-4-11(16)2)10-12-5-6-13(17)8-15(12)18/h4-9,20H,3,10,18H2,1-2H3. The molecular formula is C16H19BrN2O. The molecule has 2 aromatic rings. The van der Waals surface area contributed by atoms with Gasteiger partial charge < -0.3 is 15.7 Å². The fraction of sp³-hybridized carbons (Fsp3) is 0.250. The molecule has 0 radical (unpaired) electrons. The summed E-state index contributed by atoms with van der Waals surface area (Å²) in [5.74, 6) is 0.285. The first-order valence-electron chi connectivity index (χ1n) is 6.59. The van der Waals surface area contributed by atoms with Crippen molar-refractivity contribution in [2.45, 2.75) is 20.4 Å². The maximum atomic E-state index is 9.68. The lowest BCUT2D eigenvalue weighted by Gasteiger charge is -2.26. The number of nitrogens with zero attached hydrogens (tertiary/aromatic N) is 1. The fourth-order valence-electron chi connectivity index (χ4n) is 2.22. The number of phenols is 1. The van der Waals surface area contributed by atoms with E-state index >= 15 is 0 Å². The molecule has 0 unspecified atom stereocenters. The van der Waals surface area contributed by atoms with Crippen LogP contribution in [0.25, 0.3) is 0 Å². The molecule has 3 N–H and O–H groups in total. The second kappa shape index (κ2) is 6.18. The molecule has 4 heteroatoms. The van der Waals surface area contributed by atoms with E-state index in [2.05, 4.69) is 27.8 Å². The summed E-state index contributed by atoms with van der Waals surface area (Å²) in [6.07, 6.45) is 0. The van der Waals surface area contributed by atoms with Gasteiger partial charge in [-0.05, 0) is 43.2 Å². The highest BCUT2D eigenvalue weighted by atomic mass is 79.9. The minimum atomic E-state index is 0.285. The van der Waals surface area contributed by atoms with E-state index < -0.39 is 0 Å². The Hall–Kier alpha value is -1.68. The van der Waals surface area contributed by atoms with Crippen molar-refractivity contribution in [3.05, 3.63) is 52.0 Å². The van der Waals surface area contributed by atoms with E-state index in [1.54, 1.807) is 12.1 Å². The van der Waals surface area contributed by atoms with Gasteiger partial charge in [-0.25, -0.2) is 0 Å². The quantitative estimate of drug-likeness (QED) is 0.828. The first-order chi connectivity index (χ1) is 9.51. The van der Waals surface area contributed by atoms with Crippen LogP contribution in [0.5, 0.6) is 5.75 Å². The number of hydrogen-bond donors (Lipinski definition) is 2. The number of nitrogen functional groups attached to an aromatic ring is 1. The summed E-state index contributed by atoms with van der Waals surface area (Å²) >= 11 is 3.42. The predicted molar refractivity (Wildman–Crippen MR) is 88.1 cm³/mol. The zero-order chi connectivity index (χ0) is 14.7. The summed E-state index contributed by atoms with van der Waals surface area (Å²) in [5, 5.41) is 9.68. The van der Waals surface area contributed by atoms with Crippen LogP contribution >= 0.6 is 15.9 Å². The van der Waals surface area contributed by atoms with Crippen molar-refractivity contribution < 1.29 is 5.11 Å². The number of hydrogen-bond acceptors (Lipinski definition) is 3. The van der Waals surface area contributed by atoms with Gasteiger partial charge in [0, 0.05) is 35.0 Å². The molecule has 0 atom stereocenters. The second-order valence-electron chi connectivity index (χ2n) is 4.83. The molecule has 0 saturated heterocycles. The molecule has 3 nitrogen and oxygen atoms in total. The smallest absolute Gasteiger partial charge is 0.117 e. The minimum absolute atomic E-state index is 0.285. The summed E-state index contributed by atoms with van der Waals surface area (Å²) in [4.78, 5) is 2.20. The zero-order valence-corrected chi connectivity index (χ0v) is 13.3. The molecule has 0 amide bonds. The van der Waals surface area contributed by atoms with Gasteiger partial charge >= 0.3 is 0 Å². The SMILES string of the molecule is CCN(Cc1ccc(Br)cc1N)c1cc(O)ccc1C. The number of aryl methyl sites for hydroxylation is 1. The molecule has 2 rings (SSSR count). The van der Waals surface area contributed by atoms with Crippen molar-refractivity contribution in [2.75, 3.05) is 17.2 Å². The maximum absolute atomic E-state index is 9.68. The summed E-state index contributed by atoms with van der Waals surface area (Å²) < 4.78 is 0.982. The second-order valence-corrected chi connectivity index (χ2v) is 5.74. The van der Waals surface area contributed by atoms with Crippen LogP contribution in [-0.4, -0.2) is 11.7 Å². The van der Waals surface area contributed by atoms with Crippen LogP contribution in [0.4, 0.5) is 11.4 Å². The van der Waals surface area contributed by atoms with Gasteiger partial charge in [0.2, 0.25) is 0 Å². The van der Waals surface area contributed by atoms with Crippen LogP contribution in [0.3, 0.4) is 0 Å². The Kier molecular flexibility index (Phi) is 4.55. The molecule has 0 aromatic heterocycles. The number of nitrogens with two attached hydrogens (primary N) is 1. The van der Waals surface area contributed by atoms with Crippen LogP contribution in [-0.2, 0) is 6.54 Å². The average molecular weight is 335 g/mol. The maximum Gasteiger partial charge on any atom is 0.117 e. The predicted octanol–water partition coefficient (Wildman–Crippen LogP) is 4.07. The Labute approximate surface area is 128 Å². The van der Waals surface area contributed by atoms with Gasteiger partial charge in [0.15, 0.2) is 0 Å². The van der Waals surface area contributed by atoms with Crippen molar-refractivity contribution in [3.8, 4) is 5.75 Å². The number of benzene rings is 2. The summed E-state index contributed by atoms with van der Waals surface area (Å²) in [7, 11) is 0. The number of anilines is 2. The summed E-state index contributed by atoms with van der Waals surface area (Å²) in [6, 6.07) is 11.4. The molecule has 0 saturated carbocycles. The molecule has 0 aliphatic rings. The largest absolute Gasteiger partial charge is 0.508 e. The van der Waals surface area contributed by atoms with Gasteiger partial charge in [-0.1, -0.05) is 28.1 Å². The van der Waals surface area contributed by atoms with E-state index in [1.165, 1.54) is 0 Å². The van der Waals surface area contributed by atoms with E-state index in [1.807, 2.05) is 31.2 Å². The van der Waals surface area contributed by atoms with Crippen molar-refractivity contribution in [3.63, 3.8) is 0 Å². The van der Waals surface area contributed by atoms with Gasteiger partial charge in [0.05, 0.1) is 0 Å². The first-order valence-corrected chi connectivity index (χ1v) is 7.39. The van der Waals surface area contributed by atoms with Crippen molar-refractivity contribution in [2.24, 2.45) is 0 Å². The normalized spacial score (nSPS) is 10.6. The summed E-state index contributed by atoms with van der Waals surface area (Å²) in [6.45, 7) is 5.71. The van der Waals surface area contributed by atoms with Crippen molar-refractivity contribution in [1.82, 2.24) is 0 Å². The Morgan fingerprint density at radius 3 is 2.60 bits per heavy atom. The van der Waals surface area contributed by atoms with E-state index in [4.69, 9.17) is 5.73 Å². The van der Waals surface area contributed by atoms with E-state index in [0.717, 1.165) is 40.1 Å². The number of rotatable bonds is 4. The molecule has 20 heavy (non-hydrogen) atoms. The highest BCUT2D eigenvalue weighted by Crippen LogP contribution is 2.28. The van der Waals surface area contributed by atoms with Crippen LogP contribution in [0, 0.1) is 6.92 Å². The topological polar surface area (TPSA) is 49.5 Å². The Balaban J connectivity index is 2.31. The third kappa shape index (κ3) is 3.25. The monoisotopic (exact) mass is 334 g/mol. The molecule has 0 heterocycles. The first kappa shape index (κ1) is 14.7.